The van der Waals surface area contributed by atoms with Crippen LogP contribution in [-0.4, -0.2) is 34.7 Å². The number of nitrogens with two attached hydrogens (primary N) is 1. The number of fused-ring (bicyclic) bond motifs is 1. The van der Waals surface area contributed by atoms with Crippen LogP contribution >= 0.6 is 0 Å². The molecule has 5 nitrogen and oxygen atoms in total. The quantitative estimate of drug-likeness (QED) is 0.531. The van der Waals surface area contributed by atoms with Gasteiger partial charge in [-0.1, -0.05) is 45.6 Å². The first-order chi connectivity index (χ1) is 16.1. The van der Waals surface area contributed by atoms with Crippen molar-refractivity contribution in [3.63, 3.8) is 0 Å². The van der Waals surface area contributed by atoms with Gasteiger partial charge >= 0.3 is 0 Å². The van der Waals surface area contributed by atoms with Crippen molar-refractivity contribution in [1.29, 1.82) is 5.41 Å². The topological polar surface area (TPSA) is 75.1 Å². The van der Waals surface area contributed by atoms with Crippen LogP contribution in [-0.2, 0) is 11.3 Å². The number of nitrogens with one attached hydrogen (secondary N) is 1. The van der Waals surface area contributed by atoms with Gasteiger partial charge in [0.2, 0.25) is 5.91 Å². The Morgan fingerprint density at radius 2 is 1.82 bits per heavy atom. The number of benzene rings is 1. The first-order valence-electron chi connectivity index (χ1n) is 12.9. The van der Waals surface area contributed by atoms with Gasteiger partial charge in [0.15, 0.2) is 0 Å². The van der Waals surface area contributed by atoms with Gasteiger partial charge in [-0.2, -0.15) is 0 Å². The SMILES string of the molecule is CCC.N=C/C(=C\N)c1ccc2c(ccn2CC2CCCN(C(=O)C3CCCCC3)CC2)c1. The number of nitrogens with zero attached hydrogens (tertiary/aromatic N) is 2. The summed E-state index contributed by atoms with van der Waals surface area (Å²) in [6.07, 6.45) is 15.5. The molecule has 2 fully saturated rings. The molecule has 1 atom stereocenters. The molecule has 0 radical (unpaired) electrons. The largest absolute Gasteiger partial charge is 0.404 e. The minimum atomic E-state index is 0.284. The summed E-state index contributed by atoms with van der Waals surface area (Å²) in [4.78, 5) is 15.1. The Kier molecular flexibility index (Phi) is 9.59. The summed E-state index contributed by atoms with van der Waals surface area (Å²) in [5.74, 6) is 1.31. The summed E-state index contributed by atoms with van der Waals surface area (Å²) in [5, 5.41) is 8.68. The van der Waals surface area contributed by atoms with Crippen LogP contribution in [0.4, 0.5) is 0 Å². The third kappa shape index (κ3) is 6.49. The highest BCUT2D eigenvalue weighted by Gasteiger charge is 2.28. The zero-order chi connectivity index (χ0) is 23.6. The van der Waals surface area contributed by atoms with Crippen LogP contribution in [0.5, 0.6) is 0 Å². The van der Waals surface area contributed by atoms with E-state index in [-0.39, 0.29) is 5.92 Å². The van der Waals surface area contributed by atoms with Gasteiger partial charge in [-0.05, 0) is 61.8 Å². The molecule has 1 unspecified atom stereocenters. The van der Waals surface area contributed by atoms with Crippen molar-refractivity contribution in [3.05, 3.63) is 42.2 Å². The van der Waals surface area contributed by atoms with E-state index >= 15 is 0 Å². The molecule has 2 aromatic rings. The fourth-order valence-electron chi connectivity index (χ4n) is 5.22. The molecule has 4 rings (SSSR count). The highest BCUT2D eigenvalue weighted by Crippen LogP contribution is 2.28. The Balaban J connectivity index is 0.000000968. The van der Waals surface area contributed by atoms with E-state index < -0.39 is 0 Å². The molecule has 1 aromatic heterocycles. The summed E-state index contributed by atoms with van der Waals surface area (Å²) in [6.45, 7) is 7.09. The lowest BCUT2D eigenvalue weighted by molar-refractivity contribution is -0.136. The summed E-state index contributed by atoms with van der Waals surface area (Å²) in [7, 11) is 0. The fraction of sp³-hybridized carbons (Fsp3) is 0.571. The Hall–Kier alpha value is -2.56. The molecule has 0 spiro atoms. The molecule has 0 bridgehead atoms. The lowest BCUT2D eigenvalue weighted by Gasteiger charge is -2.28. The molecule has 1 amide bonds. The molecule has 3 N–H and O–H groups in total. The second-order valence-electron chi connectivity index (χ2n) is 9.67. The van der Waals surface area contributed by atoms with E-state index in [1.165, 1.54) is 55.4 Å². The van der Waals surface area contributed by atoms with Crippen LogP contribution in [0.1, 0.15) is 77.2 Å². The highest BCUT2D eigenvalue weighted by atomic mass is 16.2. The number of allylic oxidation sites excluding steroid dienone is 1. The molecule has 1 saturated carbocycles. The number of likely N-dealkylation sites (tertiary alicyclic amines) is 1. The predicted molar refractivity (Wildman–Crippen MR) is 139 cm³/mol. The molecule has 1 saturated heterocycles. The highest BCUT2D eigenvalue weighted by molar-refractivity contribution is 6.09. The normalized spacial score (nSPS) is 20.1. The maximum Gasteiger partial charge on any atom is 0.225 e. The first kappa shape index (κ1) is 25.1. The van der Waals surface area contributed by atoms with Gasteiger partial charge in [0, 0.05) is 60.6 Å². The molecule has 2 aliphatic rings. The zero-order valence-electron chi connectivity index (χ0n) is 20.6. The zero-order valence-corrected chi connectivity index (χ0v) is 20.6. The average Bonchev–Trinajstić information content (AvgIpc) is 3.08. The van der Waals surface area contributed by atoms with Crippen LogP contribution in [0.2, 0.25) is 0 Å². The smallest absolute Gasteiger partial charge is 0.225 e. The van der Waals surface area contributed by atoms with Gasteiger partial charge in [-0.25, -0.2) is 0 Å². The third-order valence-corrected chi connectivity index (χ3v) is 7.01. The van der Waals surface area contributed by atoms with Crippen molar-refractivity contribution in [2.24, 2.45) is 17.6 Å². The molecule has 1 aromatic carbocycles. The van der Waals surface area contributed by atoms with E-state index in [4.69, 9.17) is 11.1 Å². The predicted octanol–water partition coefficient (Wildman–Crippen LogP) is 6.22. The molecule has 33 heavy (non-hydrogen) atoms. The molecule has 1 aliphatic heterocycles. The monoisotopic (exact) mass is 450 g/mol. The molecular weight excluding hydrogens is 408 g/mol. The van der Waals surface area contributed by atoms with Gasteiger partial charge in [0.05, 0.1) is 0 Å². The number of amides is 1. The van der Waals surface area contributed by atoms with Crippen LogP contribution in [0.3, 0.4) is 0 Å². The lowest BCUT2D eigenvalue weighted by atomic mass is 9.88. The second kappa shape index (κ2) is 12.6. The summed E-state index contributed by atoms with van der Waals surface area (Å²) >= 11 is 0. The van der Waals surface area contributed by atoms with Crippen molar-refractivity contribution in [2.75, 3.05) is 13.1 Å². The summed E-state index contributed by atoms with van der Waals surface area (Å²) in [5.41, 5.74) is 8.57. The summed E-state index contributed by atoms with van der Waals surface area (Å²) in [6, 6.07) is 8.42. The van der Waals surface area contributed by atoms with Crippen LogP contribution < -0.4 is 5.73 Å². The Morgan fingerprint density at radius 3 is 2.52 bits per heavy atom. The molecule has 180 valence electrons. The van der Waals surface area contributed by atoms with Gasteiger partial charge in [-0.3, -0.25) is 4.79 Å². The number of hydrogen-bond acceptors (Lipinski definition) is 3. The van der Waals surface area contributed by atoms with E-state index in [1.54, 1.807) is 0 Å². The first-order valence-corrected chi connectivity index (χ1v) is 12.9. The molecular formula is C28H42N4O. The van der Waals surface area contributed by atoms with Crippen LogP contribution in [0.15, 0.2) is 36.7 Å². The van der Waals surface area contributed by atoms with E-state index in [1.807, 2.05) is 6.07 Å². The maximum absolute atomic E-state index is 12.9. The second-order valence-corrected chi connectivity index (χ2v) is 9.67. The van der Waals surface area contributed by atoms with E-state index in [0.29, 0.717) is 11.8 Å². The van der Waals surface area contributed by atoms with E-state index in [9.17, 15) is 4.79 Å². The summed E-state index contributed by atoms with van der Waals surface area (Å²) < 4.78 is 2.35. The third-order valence-electron chi connectivity index (χ3n) is 7.01. The fourth-order valence-corrected chi connectivity index (χ4v) is 5.22. The van der Waals surface area contributed by atoms with E-state index in [0.717, 1.165) is 56.5 Å². The van der Waals surface area contributed by atoms with Gasteiger partial charge in [-0.15, -0.1) is 0 Å². The molecule has 5 heteroatoms. The lowest BCUT2D eigenvalue weighted by Crippen LogP contribution is -2.37. The average molecular weight is 451 g/mol. The van der Waals surface area contributed by atoms with Crippen molar-refractivity contribution in [2.45, 2.75) is 78.2 Å². The minimum Gasteiger partial charge on any atom is -0.404 e. The Bertz CT molecular complexity index is 939. The van der Waals surface area contributed by atoms with Crippen molar-refractivity contribution >= 4 is 28.6 Å². The molecule has 2 heterocycles. The Morgan fingerprint density at radius 1 is 1.06 bits per heavy atom. The van der Waals surface area contributed by atoms with Crippen LogP contribution in [0, 0.1) is 17.2 Å². The van der Waals surface area contributed by atoms with Crippen molar-refractivity contribution < 1.29 is 4.79 Å². The number of hydrogen-bond donors (Lipinski definition) is 2. The molecule has 1 aliphatic carbocycles. The number of carbonyl (C=O) groups excluding carboxylic acids is 1. The number of carbonyl (C=O) groups is 1. The number of rotatable bonds is 5. The Labute approximate surface area is 199 Å². The van der Waals surface area contributed by atoms with Crippen molar-refractivity contribution in [1.82, 2.24) is 9.47 Å². The van der Waals surface area contributed by atoms with Crippen LogP contribution in [0.25, 0.3) is 16.5 Å². The van der Waals surface area contributed by atoms with Gasteiger partial charge in [0.1, 0.15) is 0 Å². The van der Waals surface area contributed by atoms with Gasteiger partial charge < -0.3 is 20.6 Å². The standard InChI is InChI=1S/C25H34N4O.C3H8/c26-16-23(17-27)21-8-9-24-22(15-21)11-14-29(24)18-19-5-4-12-28(13-10-19)25(30)20-6-2-1-3-7-20;1-3-2/h8-9,11,14-17,19-20,26H,1-7,10,12-13,18,27H2;3H2,1-2H3/b23-17+,26-16?;. The van der Waals surface area contributed by atoms with E-state index in [2.05, 4.69) is 47.7 Å². The van der Waals surface area contributed by atoms with Crippen molar-refractivity contribution in [3.8, 4) is 0 Å². The van der Waals surface area contributed by atoms with Gasteiger partial charge in [0.25, 0.3) is 0 Å². The maximum atomic E-state index is 12.9. The number of aromatic nitrogens is 1. The minimum absolute atomic E-state index is 0.284.